The quantitative estimate of drug-likeness (QED) is 0.770. The molecule has 0 bridgehead atoms. The Labute approximate surface area is 85.1 Å². The Morgan fingerprint density at radius 1 is 1.29 bits per heavy atom. The molecule has 0 amide bonds. The summed E-state index contributed by atoms with van der Waals surface area (Å²) < 4.78 is 2.02. The minimum atomic E-state index is 0.0737. The van der Waals surface area contributed by atoms with Gasteiger partial charge in [-0.05, 0) is 19.8 Å². The number of nitrogens with zero attached hydrogens (tertiary/aromatic N) is 1. The highest BCUT2D eigenvalue weighted by Gasteiger charge is 2.08. The molecule has 1 N–H and O–H groups in total. The number of nitrogens with one attached hydrogen (secondary N) is 1. The van der Waals surface area contributed by atoms with Crippen LogP contribution in [0.15, 0.2) is 4.79 Å². The molecule has 0 aliphatic rings. The van der Waals surface area contributed by atoms with E-state index in [0.29, 0.717) is 0 Å². The molecule has 0 aromatic carbocycles. The van der Waals surface area contributed by atoms with Gasteiger partial charge in [-0.2, -0.15) is 0 Å². The van der Waals surface area contributed by atoms with E-state index in [1.54, 1.807) is 0 Å². The van der Waals surface area contributed by atoms with Crippen molar-refractivity contribution in [1.29, 1.82) is 0 Å². The van der Waals surface area contributed by atoms with E-state index in [2.05, 4.69) is 18.9 Å². The first-order chi connectivity index (χ1) is 6.70. The van der Waals surface area contributed by atoms with E-state index in [0.717, 1.165) is 37.8 Å². The van der Waals surface area contributed by atoms with Crippen molar-refractivity contribution in [2.45, 2.75) is 53.0 Å². The van der Waals surface area contributed by atoms with Crippen LogP contribution in [0.5, 0.6) is 0 Å². The molecule has 3 heteroatoms. The van der Waals surface area contributed by atoms with Crippen molar-refractivity contribution >= 4 is 0 Å². The predicted octanol–water partition coefficient (Wildman–Crippen LogP) is 2.24. The Hall–Kier alpha value is -0.990. The minimum absolute atomic E-state index is 0.0737. The fraction of sp³-hybridized carbons (Fsp3) is 0.727. The van der Waals surface area contributed by atoms with Gasteiger partial charge >= 0.3 is 0 Å². The number of aromatic nitrogens is 2. The second-order valence-corrected chi connectivity index (χ2v) is 3.77. The predicted molar refractivity (Wildman–Crippen MR) is 58.7 cm³/mol. The Morgan fingerprint density at radius 3 is 2.57 bits per heavy atom. The summed E-state index contributed by atoms with van der Waals surface area (Å²) in [6, 6.07) is 0. The average molecular weight is 196 g/mol. The fourth-order valence-corrected chi connectivity index (χ4v) is 1.67. The van der Waals surface area contributed by atoms with Gasteiger partial charge in [-0.25, -0.2) is 0 Å². The molecular weight excluding hydrogens is 176 g/mol. The van der Waals surface area contributed by atoms with E-state index in [-0.39, 0.29) is 5.56 Å². The maximum absolute atomic E-state index is 11.4. The first kappa shape index (κ1) is 11.1. The summed E-state index contributed by atoms with van der Waals surface area (Å²) in [5.74, 6) is 0. The third-order valence-corrected chi connectivity index (χ3v) is 2.56. The maximum atomic E-state index is 11.4. The van der Waals surface area contributed by atoms with Crippen LogP contribution in [0.2, 0.25) is 0 Å². The molecule has 0 radical (unpaired) electrons. The summed E-state index contributed by atoms with van der Waals surface area (Å²) in [6.07, 6.45) is 4.37. The van der Waals surface area contributed by atoms with E-state index in [1.807, 2.05) is 11.6 Å². The maximum Gasteiger partial charge on any atom is 0.267 e. The van der Waals surface area contributed by atoms with Gasteiger partial charge < -0.3 is 0 Å². The average Bonchev–Trinajstić information content (AvgIpc) is 2.43. The number of hydrogen-bond acceptors (Lipinski definition) is 1. The summed E-state index contributed by atoms with van der Waals surface area (Å²) in [5, 5.41) is 2.89. The van der Waals surface area contributed by atoms with Crippen molar-refractivity contribution in [2.24, 2.45) is 0 Å². The third-order valence-electron chi connectivity index (χ3n) is 2.56. The van der Waals surface area contributed by atoms with Crippen molar-refractivity contribution in [2.75, 3.05) is 0 Å². The van der Waals surface area contributed by atoms with Gasteiger partial charge in [-0.15, -0.1) is 0 Å². The third kappa shape index (κ3) is 2.28. The molecule has 0 aliphatic heterocycles. The molecule has 0 saturated heterocycles. The number of H-pyrrole nitrogens is 1. The molecule has 14 heavy (non-hydrogen) atoms. The lowest BCUT2D eigenvalue weighted by Gasteiger charge is -2.07. The van der Waals surface area contributed by atoms with Crippen LogP contribution in [-0.2, 0) is 13.0 Å². The Bertz CT molecular complexity index is 336. The van der Waals surface area contributed by atoms with Crippen LogP contribution in [0, 0.1) is 6.92 Å². The van der Waals surface area contributed by atoms with Crippen molar-refractivity contribution in [1.82, 2.24) is 9.78 Å². The second-order valence-electron chi connectivity index (χ2n) is 3.77. The van der Waals surface area contributed by atoms with Crippen LogP contribution in [0.3, 0.4) is 0 Å². The van der Waals surface area contributed by atoms with E-state index < -0.39 is 0 Å². The molecule has 0 aliphatic carbocycles. The lowest BCUT2D eigenvalue weighted by Crippen LogP contribution is -2.07. The van der Waals surface area contributed by atoms with Crippen molar-refractivity contribution < 1.29 is 0 Å². The van der Waals surface area contributed by atoms with Gasteiger partial charge in [-0.1, -0.05) is 26.7 Å². The molecule has 0 fully saturated rings. The monoisotopic (exact) mass is 196 g/mol. The molecule has 0 spiro atoms. The summed E-state index contributed by atoms with van der Waals surface area (Å²) in [5.41, 5.74) is 2.15. The fourth-order valence-electron chi connectivity index (χ4n) is 1.67. The summed E-state index contributed by atoms with van der Waals surface area (Å²) in [4.78, 5) is 11.4. The molecule has 1 aromatic rings. The SMILES string of the molecule is CCCCn1[nH]c(=O)c(C)c1CCC. The Morgan fingerprint density at radius 2 is 2.00 bits per heavy atom. The van der Waals surface area contributed by atoms with Crippen LogP contribution >= 0.6 is 0 Å². The number of aryl methyl sites for hydroxylation is 1. The lowest BCUT2D eigenvalue weighted by atomic mass is 10.2. The van der Waals surface area contributed by atoms with E-state index in [9.17, 15) is 4.79 Å². The zero-order valence-electron chi connectivity index (χ0n) is 9.39. The largest absolute Gasteiger partial charge is 0.289 e. The zero-order chi connectivity index (χ0) is 10.6. The zero-order valence-corrected chi connectivity index (χ0v) is 9.39. The van der Waals surface area contributed by atoms with Crippen LogP contribution in [-0.4, -0.2) is 9.78 Å². The van der Waals surface area contributed by atoms with Gasteiger partial charge in [0.15, 0.2) is 0 Å². The van der Waals surface area contributed by atoms with Crippen molar-refractivity contribution in [3.8, 4) is 0 Å². The van der Waals surface area contributed by atoms with Crippen LogP contribution in [0.4, 0.5) is 0 Å². The van der Waals surface area contributed by atoms with Crippen molar-refractivity contribution in [3.63, 3.8) is 0 Å². The normalized spacial score (nSPS) is 10.8. The highest BCUT2D eigenvalue weighted by atomic mass is 16.1. The van der Waals surface area contributed by atoms with E-state index in [1.165, 1.54) is 5.69 Å². The number of aromatic amines is 1. The summed E-state index contributed by atoms with van der Waals surface area (Å²) >= 11 is 0. The van der Waals surface area contributed by atoms with Gasteiger partial charge in [0.05, 0.1) is 0 Å². The van der Waals surface area contributed by atoms with E-state index in [4.69, 9.17) is 0 Å². The molecule has 80 valence electrons. The lowest BCUT2D eigenvalue weighted by molar-refractivity contribution is 0.542. The van der Waals surface area contributed by atoms with E-state index >= 15 is 0 Å². The van der Waals surface area contributed by atoms with Gasteiger partial charge in [0, 0.05) is 17.8 Å². The second kappa shape index (κ2) is 5.03. The van der Waals surface area contributed by atoms with Gasteiger partial charge in [0.25, 0.3) is 5.56 Å². The van der Waals surface area contributed by atoms with Crippen molar-refractivity contribution in [3.05, 3.63) is 21.6 Å². The molecule has 1 rings (SSSR count). The van der Waals surface area contributed by atoms with Crippen LogP contribution < -0.4 is 5.56 Å². The standard InChI is InChI=1S/C11H20N2O/c1-4-6-8-13-10(7-5-2)9(3)11(14)12-13/h4-8H2,1-3H3,(H,12,14). The number of unbranched alkanes of at least 4 members (excludes halogenated alkanes) is 1. The van der Waals surface area contributed by atoms with Crippen LogP contribution in [0.1, 0.15) is 44.4 Å². The molecule has 1 heterocycles. The molecule has 3 nitrogen and oxygen atoms in total. The van der Waals surface area contributed by atoms with Crippen LogP contribution in [0.25, 0.3) is 0 Å². The van der Waals surface area contributed by atoms with Gasteiger partial charge in [0.1, 0.15) is 0 Å². The first-order valence-electron chi connectivity index (χ1n) is 5.49. The Balaban J connectivity index is 2.90. The first-order valence-corrected chi connectivity index (χ1v) is 5.49. The highest BCUT2D eigenvalue weighted by Crippen LogP contribution is 2.07. The van der Waals surface area contributed by atoms with Gasteiger partial charge in [0.2, 0.25) is 0 Å². The number of rotatable bonds is 5. The topological polar surface area (TPSA) is 37.8 Å². The molecule has 0 atom stereocenters. The molecule has 0 unspecified atom stereocenters. The summed E-state index contributed by atoms with van der Waals surface area (Å²) in [7, 11) is 0. The molecule has 1 aromatic heterocycles. The summed E-state index contributed by atoms with van der Waals surface area (Å²) in [6.45, 7) is 7.15. The van der Waals surface area contributed by atoms with Gasteiger partial charge in [-0.3, -0.25) is 14.6 Å². The minimum Gasteiger partial charge on any atom is -0.289 e. The Kier molecular flexibility index (Phi) is 3.98. The smallest absolute Gasteiger partial charge is 0.267 e. The molecule has 0 saturated carbocycles. The molecular formula is C11H20N2O. The number of hydrogen-bond donors (Lipinski definition) is 1. The highest BCUT2D eigenvalue weighted by molar-refractivity contribution is 5.15.